The van der Waals surface area contributed by atoms with Gasteiger partial charge < -0.3 is 11.1 Å². The molecular formula is C12H16N4OS. The highest BCUT2D eigenvalue weighted by atomic mass is 32.1. The molecule has 18 heavy (non-hydrogen) atoms. The van der Waals surface area contributed by atoms with E-state index in [4.69, 9.17) is 5.73 Å². The predicted molar refractivity (Wildman–Crippen MR) is 72.7 cm³/mol. The first kappa shape index (κ1) is 12.6. The fourth-order valence-corrected chi connectivity index (χ4v) is 2.43. The van der Waals surface area contributed by atoms with Gasteiger partial charge in [-0.25, -0.2) is 0 Å². The molecule has 2 aromatic heterocycles. The summed E-state index contributed by atoms with van der Waals surface area (Å²) in [5.74, 6) is -0.165. The summed E-state index contributed by atoms with van der Waals surface area (Å²) in [6, 6.07) is 2.06. The lowest BCUT2D eigenvalue weighted by Crippen LogP contribution is -2.28. The molecule has 2 heterocycles. The number of nitrogen functional groups attached to an aromatic ring is 1. The Morgan fingerprint density at radius 1 is 1.61 bits per heavy atom. The van der Waals surface area contributed by atoms with Crippen molar-refractivity contribution in [1.82, 2.24) is 15.1 Å². The molecule has 0 unspecified atom stereocenters. The van der Waals surface area contributed by atoms with Crippen LogP contribution >= 0.6 is 11.3 Å². The largest absolute Gasteiger partial charge is 0.396 e. The first-order chi connectivity index (χ1) is 8.72. The number of anilines is 1. The van der Waals surface area contributed by atoms with Crippen LogP contribution in [0.2, 0.25) is 0 Å². The number of aromatic nitrogens is 2. The number of nitrogens with one attached hydrogen (secondary N) is 1. The normalized spacial score (nSPS) is 10.5. The van der Waals surface area contributed by atoms with Crippen LogP contribution in [0, 0.1) is 0 Å². The maximum Gasteiger partial charge on any atom is 0.271 e. The van der Waals surface area contributed by atoms with Gasteiger partial charge in [0.25, 0.3) is 5.91 Å². The van der Waals surface area contributed by atoms with Crippen LogP contribution in [-0.4, -0.2) is 22.2 Å². The second-order valence-corrected chi connectivity index (χ2v) is 4.68. The average Bonchev–Trinajstić information content (AvgIpc) is 2.98. The fraction of sp³-hybridized carbons (Fsp3) is 0.333. The first-order valence-electron chi connectivity index (χ1n) is 5.83. The van der Waals surface area contributed by atoms with Gasteiger partial charge in [-0.3, -0.25) is 9.48 Å². The van der Waals surface area contributed by atoms with Gasteiger partial charge in [-0.05, 0) is 35.7 Å². The Labute approximate surface area is 110 Å². The van der Waals surface area contributed by atoms with E-state index in [-0.39, 0.29) is 5.91 Å². The highest BCUT2D eigenvalue weighted by Crippen LogP contribution is 2.10. The van der Waals surface area contributed by atoms with E-state index < -0.39 is 0 Å². The van der Waals surface area contributed by atoms with Gasteiger partial charge in [0.1, 0.15) is 5.69 Å². The second kappa shape index (κ2) is 5.68. The van der Waals surface area contributed by atoms with Crippen molar-refractivity contribution in [2.45, 2.75) is 19.9 Å². The predicted octanol–water partition coefficient (Wildman–Crippen LogP) is 1.52. The highest BCUT2D eigenvalue weighted by Gasteiger charge is 2.15. The van der Waals surface area contributed by atoms with Gasteiger partial charge in [0, 0.05) is 13.1 Å². The van der Waals surface area contributed by atoms with Crippen molar-refractivity contribution < 1.29 is 4.79 Å². The number of rotatable bonds is 5. The number of hydrogen-bond donors (Lipinski definition) is 2. The lowest BCUT2D eigenvalue weighted by molar-refractivity contribution is 0.0944. The van der Waals surface area contributed by atoms with E-state index in [1.54, 1.807) is 16.0 Å². The molecule has 0 aromatic carbocycles. The van der Waals surface area contributed by atoms with Crippen molar-refractivity contribution in [2.24, 2.45) is 0 Å². The van der Waals surface area contributed by atoms with Crippen LogP contribution in [0.4, 0.5) is 5.69 Å². The number of amides is 1. The summed E-state index contributed by atoms with van der Waals surface area (Å²) in [5.41, 5.74) is 7.84. The maximum absolute atomic E-state index is 12.0. The fourth-order valence-electron chi connectivity index (χ4n) is 1.73. The van der Waals surface area contributed by atoms with E-state index in [1.807, 2.05) is 12.3 Å². The van der Waals surface area contributed by atoms with Crippen molar-refractivity contribution in [3.8, 4) is 0 Å². The molecule has 96 valence electrons. The van der Waals surface area contributed by atoms with Crippen molar-refractivity contribution in [2.75, 3.05) is 12.3 Å². The van der Waals surface area contributed by atoms with E-state index in [0.717, 1.165) is 6.42 Å². The molecule has 0 spiro atoms. The van der Waals surface area contributed by atoms with Crippen molar-refractivity contribution in [3.63, 3.8) is 0 Å². The zero-order chi connectivity index (χ0) is 13.0. The van der Waals surface area contributed by atoms with Crippen molar-refractivity contribution >= 4 is 22.9 Å². The van der Waals surface area contributed by atoms with Crippen LogP contribution in [0.1, 0.15) is 23.0 Å². The van der Waals surface area contributed by atoms with Crippen LogP contribution in [0.25, 0.3) is 0 Å². The van der Waals surface area contributed by atoms with Crippen LogP contribution in [0.15, 0.2) is 23.0 Å². The Morgan fingerprint density at radius 2 is 2.44 bits per heavy atom. The minimum Gasteiger partial charge on any atom is -0.396 e. The summed E-state index contributed by atoms with van der Waals surface area (Å²) in [7, 11) is 0. The minimum absolute atomic E-state index is 0.165. The SMILES string of the molecule is CCn1ncc(N)c1C(=O)NCCc1ccsc1. The lowest BCUT2D eigenvalue weighted by atomic mass is 10.2. The quantitative estimate of drug-likeness (QED) is 0.860. The molecule has 0 radical (unpaired) electrons. The van der Waals surface area contributed by atoms with Crippen LogP contribution < -0.4 is 11.1 Å². The van der Waals surface area contributed by atoms with Gasteiger partial charge in [-0.2, -0.15) is 16.4 Å². The van der Waals surface area contributed by atoms with E-state index in [0.29, 0.717) is 24.5 Å². The summed E-state index contributed by atoms with van der Waals surface area (Å²) >= 11 is 1.66. The van der Waals surface area contributed by atoms with E-state index >= 15 is 0 Å². The minimum atomic E-state index is -0.165. The van der Waals surface area contributed by atoms with Gasteiger partial charge in [-0.1, -0.05) is 0 Å². The number of nitrogens with two attached hydrogens (primary N) is 1. The van der Waals surface area contributed by atoms with Crippen molar-refractivity contribution in [3.05, 3.63) is 34.3 Å². The van der Waals surface area contributed by atoms with Crippen LogP contribution in [0.5, 0.6) is 0 Å². The third-order valence-corrected chi connectivity index (χ3v) is 3.39. The highest BCUT2D eigenvalue weighted by molar-refractivity contribution is 7.07. The molecular weight excluding hydrogens is 248 g/mol. The molecule has 2 aromatic rings. The third kappa shape index (κ3) is 2.70. The summed E-state index contributed by atoms with van der Waals surface area (Å²) < 4.78 is 1.61. The Balaban J connectivity index is 1.93. The molecule has 1 amide bonds. The van der Waals surface area contributed by atoms with E-state index in [9.17, 15) is 4.79 Å². The molecule has 0 aliphatic rings. The number of thiophene rings is 1. The monoisotopic (exact) mass is 264 g/mol. The number of aryl methyl sites for hydroxylation is 1. The van der Waals surface area contributed by atoms with Gasteiger partial charge in [0.15, 0.2) is 0 Å². The molecule has 0 aliphatic heterocycles. The average molecular weight is 264 g/mol. The summed E-state index contributed by atoms with van der Waals surface area (Å²) in [4.78, 5) is 12.0. The Kier molecular flexibility index (Phi) is 3.99. The summed E-state index contributed by atoms with van der Waals surface area (Å²) in [6.07, 6.45) is 2.34. The van der Waals surface area contributed by atoms with E-state index in [1.165, 1.54) is 11.8 Å². The Morgan fingerprint density at radius 3 is 3.11 bits per heavy atom. The molecule has 0 saturated heterocycles. The number of nitrogens with zero attached hydrogens (tertiary/aromatic N) is 2. The van der Waals surface area contributed by atoms with Crippen LogP contribution in [-0.2, 0) is 13.0 Å². The zero-order valence-corrected chi connectivity index (χ0v) is 11.0. The molecule has 0 bridgehead atoms. The van der Waals surface area contributed by atoms with E-state index in [2.05, 4.69) is 21.9 Å². The molecule has 2 rings (SSSR count). The van der Waals surface area contributed by atoms with Crippen LogP contribution in [0.3, 0.4) is 0 Å². The topological polar surface area (TPSA) is 72.9 Å². The standard InChI is InChI=1S/C12H16N4OS/c1-2-16-11(10(13)7-15-16)12(17)14-5-3-9-4-6-18-8-9/h4,6-8H,2-3,5,13H2,1H3,(H,14,17). The summed E-state index contributed by atoms with van der Waals surface area (Å²) in [5, 5.41) is 11.0. The number of carbonyl (C=O) groups is 1. The molecule has 0 atom stereocenters. The third-order valence-electron chi connectivity index (χ3n) is 2.66. The smallest absolute Gasteiger partial charge is 0.271 e. The molecule has 0 saturated carbocycles. The Bertz CT molecular complexity index is 518. The first-order valence-corrected chi connectivity index (χ1v) is 6.77. The maximum atomic E-state index is 12.0. The van der Waals surface area contributed by atoms with Gasteiger partial charge in [0.05, 0.1) is 11.9 Å². The van der Waals surface area contributed by atoms with Gasteiger partial charge >= 0.3 is 0 Å². The molecule has 6 heteroatoms. The molecule has 5 nitrogen and oxygen atoms in total. The number of hydrogen-bond acceptors (Lipinski definition) is 4. The van der Waals surface area contributed by atoms with Crippen molar-refractivity contribution in [1.29, 1.82) is 0 Å². The summed E-state index contributed by atoms with van der Waals surface area (Å²) in [6.45, 7) is 3.16. The lowest BCUT2D eigenvalue weighted by Gasteiger charge is -2.07. The number of carbonyl (C=O) groups excluding carboxylic acids is 1. The van der Waals surface area contributed by atoms with Gasteiger partial charge in [-0.15, -0.1) is 0 Å². The molecule has 0 fully saturated rings. The molecule has 3 N–H and O–H groups in total. The molecule has 0 aliphatic carbocycles. The second-order valence-electron chi connectivity index (χ2n) is 3.90. The Hall–Kier alpha value is -1.82. The zero-order valence-electron chi connectivity index (χ0n) is 10.2. The van der Waals surface area contributed by atoms with Gasteiger partial charge in [0.2, 0.25) is 0 Å².